The number of hydrogen-bond acceptors (Lipinski definition) is 6. The molecular formula is C26H32N4O2S2. The van der Waals surface area contributed by atoms with Crippen LogP contribution in [0.2, 0.25) is 0 Å². The van der Waals surface area contributed by atoms with Gasteiger partial charge in [-0.3, -0.25) is 4.99 Å². The summed E-state index contributed by atoms with van der Waals surface area (Å²) in [6.07, 6.45) is 1.60. The number of rotatable bonds is 10. The molecule has 0 fully saturated rings. The van der Waals surface area contributed by atoms with Crippen LogP contribution in [0.1, 0.15) is 29.5 Å². The van der Waals surface area contributed by atoms with Crippen molar-refractivity contribution < 1.29 is 9.47 Å². The first-order chi connectivity index (χ1) is 16.5. The van der Waals surface area contributed by atoms with Crippen molar-refractivity contribution >= 4 is 30.3 Å². The number of nitrogens with zero attached hydrogens (tertiary/aromatic N) is 4. The molecule has 0 bridgehead atoms. The van der Waals surface area contributed by atoms with Crippen LogP contribution in [0, 0.1) is 23.4 Å². The molecule has 0 aliphatic heterocycles. The van der Waals surface area contributed by atoms with Crippen molar-refractivity contribution in [2.24, 2.45) is 4.99 Å². The fourth-order valence-electron chi connectivity index (χ4n) is 3.55. The van der Waals surface area contributed by atoms with Crippen molar-refractivity contribution in [3.05, 3.63) is 74.8 Å². The van der Waals surface area contributed by atoms with Crippen LogP contribution >= 0.6 is 24.4 Å². The Labute approximate surface area is 211 Å². The van der Waals surface area contributed by atoms with Gasteiger partial charge in [0.05, 0.1) is 0 Å². The van der Waals surface area contributed by atoms with Crippen LogP contribution in [0.4, 0.5) is 0 Å². The number of benzene rings is 2. The van der Waals surface area contributed by atoms with Crippen LogP contribution < -0.4 is 0 Å². The Morgan fingerprint density at radius 2 is 1.47 bits per heavy atom. The van der Waals surface area contributed by atoms with Crippen molar-refractivity contribution in [2.45, 2.75) is 33.2 Å². The summed E-state index contributed by atoms with van der Waals surface area (Å²) in [4.78, 5) is 9.74. The highest BCUT2D eigenvalue weighted by Crippen LogP contribution is 2.20. The Hall–Kier alpha value is -2.52. The highest BCUT2D eigenvalue weighted by atomic mass is 32.1. The van der Waals surface area contributed by atoms with E-state index in [4.69, 9.17) is 43.9 Å². The Morgan fingerprint density at radius 1 is 0.882 bits per heavy atom. The highest BCUT2D eigenvalue weighted by Gasteiger charge is 2.16. The van der Waals surface area contributed by atoms with Crippen molar-refractivity contribution in [2.75, 3.05) is 34.0 Å². The zero-order chi connectivity index (χ0) is 24.5. The lowest BCUT2D eigenvalue weighted by molar-refractivity contribution is 0.190. The summed E-state index contributed by atoms with van der Waals surface area (Å²) in [5, 5.41) is 0. The Balaban J connectivity index is 2.19. The molecule has 0 spiro atoms. The molecule has 0 atom stereocenters. The summed E-state index contributed by atoms with van der Waals surface area (Å²) in [7, 11) is 3.39. The van der Waals surface area contributed by atoms with Gasteiger partial charge in [-0.2, -0.15) is 0 Å². The van der Waals surface area contributed by atoms with E-state index in [9.17, 15) is 0 Å². The Morgan fingerprint density at radius 3 is 2.09 bits per heavy atom. The minimum absolute atomic E-state index is 0.384. The van der Waals surface area contributed by atoms with Crippen molar-refractivity contribution in [3.63, 3.8) is 0 Å². The van der Waals surface area contributed by atoms with E-state index in [0.29, 0.717) is 41.7 Å². The number of ether oxygens (including phenoxy) is 2. The van der Waals surface area contributed by atoms with Gasteiger partial charge in [-0.25, -0.2) is 9.55 Å². The second-order valence-corrected chi connectivity index (χ2v) is 8.85. The molecule has 0 unspecified atom stereocenters. The molecule has 1 aromatic heterocycles. The smallest absolute Gasteiger partial charge is 0.209 e. The molecule has 0 aliphatic rings. The molecule has 8 heteroatoms. The van der Waals surface area contributed by atoms with E-state index in [0.717, 1.165) is 29.8 Å². The van der Waals surface area contributed by atoms with Gasteiger partial charge in [0, 0.05) is 51.6 Å². The lowest BCUT2D eigenvalue weighted by atomic mass is 10.1. The van der Waals surface area contributed by atoms with E-state index in [2.05, 4.69) is 50.2 Å². The van der Waals surface area contributed by atoms with Crippen LogP contribution in [-0.2, 0) is 16.0 Å². The summed E-state index contributed by atoms with van der Waals surface area (Å²) in [6, 6.07) is 16.5. The first-order valence-corrected chi connectivity index (χ1v) is 12.2. The maximum atomic E-state index is 6.02. The van der Waals surface area contributed by atoms with E-state index in [-0.39, 0.29) is 0 Å². The molecular weight excluding hydrogens is 464 g/mol. The molecule has 0 amide bonds. The van der Waals surface area contributed by atoms with Crippen molar-refractivity contribution in [1.82, 2.24) is 14.1 Å². The lowest BCUT2D eigenvalue weighted by Crippen LogP contribution is -2.23. The first-order valence-electron chi connectivity index (χ1n) is 11.4. The number of methoxy groups -OCH3 is 2. The maximum Gasteiger partial charge on any atom is 0.209 e. The molecule has 34 heavy (non-hydrogen) atoms. The SMILES string of the molecule is COCCCN=C(c1ccc(C)cc1)n1c(=S)nc(-c2ccc(C)cc2)n(CCCOC)c1=S. The zero-order valence-corrected chi connectivity index (χ0v) is 21.9. The molecule has 0 saturated carbocycles. The predicted octanol–water partition coefficient (Wildman–Crippen LogP) is 5.80. The van der Waals surface area contributed by atoms with Gasteiger partial charge in [0.2, 0.25) is 4.77 Å². The second kappa shape index (κ2) is 12.8. The van der Waals surface area contributed by atoms with E-state index >= 15 is 0 Å². The zero-order valence-electron chi connectivity index (χ0n) is 20.3. The topological polar surface area (TPSA) is 53.6 Å². The third kappa shape index (κ3) is 6.54. The average molecular weight is 497 g/mol. The molecule has 0 radical (unpaired) electrons. The quantitative estimate of drug-likeness (QED) is 0.154. The molecule has 3 aromatic rings. The minimum Gasteiger partial charge on any atom is -0.385 e. The first kappa shape index (κ1) is 26.1. The van der Waals surface area contributed by atoms with E-state index in [1.54, 1.807) is 14.2 Å². The fraction of sp³-hybridized carbons (Fsp3) is 0.385. The fourth-order valence-corrected chi connectivity index (χ4v) is 4.22. The summed E-state index contributed by atoms with van der Waals surface area (Å²) >= 11 is 11.8. The molecule has 1 heterocycles. The van der Waals surface area contributed by atoms with Crippen LogP contribution in [0.15, 0.2) is 53.5 Å². The van der Waals surface area contributed by atoms with Gasteiger partial charge in [-0.05, 0) is 51.1 Å². The number of aliphatic imine (C=N–C) groups is 1. The third-order valence-electron chi connectivity index (χ3n) is 5.40. The normalized spacial score (nSPS) is 11.7. The molecule has 0 N–H and O–H groups in total. The van der Waals surface area contributed by atoms with E-state index in [1.165, 1.54) is 11.1 Å². The van der Waals surface area contributed by atoms with Crippen LogP contribution in [0.5, 0.6) is 0 Å². The molecule has 0 saturated heterocycles. The van der Waals surface area contributed by atoms with E-state index < -0.39 is 0 Å². The molecule has 3 rings (SSSR count). The summed E-state index contributed by atoms with van der Waals surface area (Å²) < 4.78 is 15.3. The van der Waals surface area contributed by atoms with Gasteiger partial charge in [0.15, 0.2) is 4.77 Å². The minimum atomic E-state index is 0.384. The largest absolute Gasteiger partial charge is 0.385 e. The summed E-state index contributed by atoms with van der Waals surface area (Å²) in [5.41, 5.74) is 4.27. The van der Waals surface area contributed by atoms with Gasteiger partial charge in [0.25, 0.3) is 0 Å². The van der Waals surface area contributed by atoms with Gasteiger partial charge < -0.3 is 14.0 Å². The monoisotopic (exact) mass is 496 g/mol. The number of aryl methyl sites for hydroxylation is 2. The Kier molecular flexibility index (Phi) is 9.83. The predicted molar refractivity (Wildman–Crippen MR) is 143 cm³/mol. The van der Waals surface area contributed by atoms with E-state index in [1.807, 2.05) is 21.3 Å². The standard InChI is InChI=1S/C26H32N4O2S2/c1-19-7-11-21(12-8-19)23(27-15-5-17-31-3)30-25(33)28-24(22-13-9-20(2)10-14-22)29(26(30)34)16-6-18-32-4/h7-14H,5-6,15-18H2,1-4H3. The molecule has 180 valence electrons. The Bertz CT molecular complexity index is 1230. The second-order valence-electron chi connectivity index (χ2n) is 8.12. The average Bonchev–Trinajstić information content (AvgIpc) is 2.83. The molecule has 0 aliphatic carbocycles. The number of aromatic nitrogens is 3. The summed E-state index contributed by atoms with van der Waals surface area (Å²) in [6.45, 7) is 6.64. The highest BCUT2D eigenvalue weighted by molar-refractivity contribution is 7.72. The molecule has 2 aromatic carbocycles. The third-order valence-corrected chi connectivity index (χ3v) is 6.08. The van der Waals surface area contributed by atoms with Gasteiger partial charge in [-0.15, -0.1) is 0 Å². The van der Waals surface area contributed by atoms with Crippen LogP contribution in [0.25, 0.3) is 11.4 Å². The van der Waals surface area contributed by atoms with Crippen LogP contribution in [-0.4, -0.2) is 53.9 Å². The number of hydrogen-bond donors (Lipinski definition) is 0. The van der Waals surface area contributed by atoms with Gasteiger partial charge in [0.1, 0.15) is 11.7 Å². The maximum absolute atomic E-state index is 6.02. The van der Waals surface area contributed by atoms with Crippen LogP contribution in [0.3, 0.4) is 0 Å². The summed E-state index contributed by atoms with van der Waals surface area (Å²) in [5.74, 6) is 1.46. The molecule has 6 nitrogen and oxygen atoms in total. The van der Waals surface area contributed by atoms with Crippen molar-refractivity contribution in [1.29, 1.82) is 0 Å². The lowest BCUT2D eigenvalue weighted by Gasteiger charge is -2.19. The van der Waals surface area contributed by atoms with Gasteiger partial charge in [-0.1, -0.05) is 59.7 Å². The van der Waals surface area contributed by atoms with Gasteiger partial charge >= 0.3 is 0 Å². The van der Waals surface area contributed by atoms with Crippen molar-refractivity contribution in [3.8, 4) is 11.4 Å².